The maximum Gasteiger partial charge on any atom is 0.226 e. The molecule has 2 unspecified atom stereocenters. The Morgan fingerprint density at radius 1 is 0.962 bits per heavy atom. The molecule has 0 bridgehead atoms. The second-order valence-electron chi connectivity index (χ2n) is 6.94. The number of unbranched alkanes of at least 4 members (excludes halogenated alkanes) is 10. The lowest BCUT2D eigenvalue weighted by Crippen LogP contribution is -2.36. The predicted octanol–water partition coefficient (Wildman–Crippen LogP) is 2.57. The van der Waals surface area contributed by atoms with Crippen molar-refractivity contribution in [2.45, 2.75) is 96.1 Å². The van der Waals surface area contributed by atoms with Crippen LogP contribution in [0.4, 0.5) is 0 Å². The first-order valence-electron chi connectivity index (χ1n) is 9.99. The zero-order valence-corrected chi connectivity index (χ0v) is 16.3. The SMILES string of the molecule is CC(=O)NC(=O)CCCCCCCCCCCCC=CC(O)C(N)CO. The molecule has 0 aromatic heterocycles. The van der Waals surface area contributed by atoms with Crippen LogP contribution in [0.2, 0.25) is 0 Å². The molecule has 0 heterocycles. The van der Waals surface area contributed by atoms with Gasteiger partial charge in [-0.05, 0) is 19.3 Å². The number of aliphatic hydroxyl groups is 2. The van der Waals surface area contributed by atoms with Gasteiger partial charge in [0.1, 0.15) is 0 Å². The highest BCUT2D eigenvalue weighted by molar-refractivity contribution is 5.93. The third-order valence-corrected chi connectivity index (χ3v) is 4.32. The molecule has 0 fully saturated rings. The number of imide groups is 1. The van der Waals surface area contributed by atoms with Crippen LogP contribution in [-0.2, 0) is 9.59 Å². The van der Waals surface area contributed by atoms with E-state index < -0.39 is 12.1 Å². The lowest BCUT2D eigenvalue weighted by atomic mass is 10.0. The monoisotopic (exact) mass is 370 g/mol. The van der Waals surface area contributed by atoms with Crippen LogP contribution in [0.1, 0.15) is 84.0 Å². The molecule has 0 spiro atoms. The summed E-state index contributed by atoms with van der Waals surface area (Å²) < 4.78 is 0. The summed E-state index contributed by atoms with van der Waals surface area (Å²) in [5, 5.41) is 20.7. The summed E-state index contributed by atoms with van der Waals surface area (Å²) in [5.74, 6) is -0.451. The van der Waals surface area contributed by atoms with Crippen LogP contribution in [0.5, 0.6) is 0 Å². The standard InChI is InChI=1S/C20H38N2O4/c1-17(24)22-20(26)15-13-11-9-7-5-3-2-4-6-8-10-12-14-19(25)18(21)16-23/h12,14,18-19,23,25H,2-11,13,15-16,21H2,1H3,(H,22,24,26). The molecule has 6 heteroatoms. The van der Waals surface area contributed by atoms with Gasteiger partial charge in [-0.15, -0.1) is 0 Å². The van der Waals surface area contributed by atoms with E-state index in [4.69, 9.17) is 10.8 Å². The molecular formula is C20H38N2O4. The van der Waals surface area contributed by atoms with Crippen molar-refractivity contribution >= 4 is 11.8 Å². The van der Waals surface area contributed by atoms with E-state index in [1.165, 1.54) is 45.4 Å². The van der Waals surface area contributed by atoms with Gasteiger partial charge in [0, 0.05) is 13.3 Å². The summed E-state index contributed by atoms with van der Waals surface area (Å²) in [6.07, 6.45) is 15.8. The van der Waals surface area contributed by atoms with Crippen LogP contribution in [0.3, 0.4) is 0 Å². The van der Waals surface area contributed by atoms with Gasteiger partial charge in [0.15, 0.2) is 0 Å². The molecule has 0 saturated heterocycles. The van der Waals surface area contributed by atoms with E-state index in [1.54, 1.807) is 6.08 Å². The molecule has 0 aliphatic rings. The minimum atomic E-state index is -0.761. The van der Waals surface area contributed by atoms with E-state index in [-0.39, 0.29) is 18.4 Å². The number of aliphatic hydroxyl groups excluding tert-OH is 2. The fourth-order valence-corrected chi connectivity index (χ4v) is 2.71. The Hall–Kier alpha value is -1.24. The second-order valence-corrected chi connectivity index (χ2v) is 6.94. The van der Waals surface area contributed by atoms with Crippen LogP contribution in [-0.4, -0.2) is 40.8 Å². The molecule has 2 amide bonds. The quantitative estimate of drug-likeness (QED) is 0.246. The first-order valence-corrected chi connectivity index (χ1v) is 9.99. The van der Waals surface area contributed by atoms with Crippen molar-refractivity contribution in [1.29, 1.82) is 0 Å². The molecule has 0 aliphatic carbocycles. The van der Waals surface area contributed by atoms with Gasteiger partial charge in [0.2, 0.25) is 11.8 Å². The largest absolute Gasteiger partial charge is 0.395 e. The van der Waals surface area contributed by atoms with Crippen molar-refractivity contribution in [3.05, 3.63) is 12.2 Å². The van der Waals surface area contributed by atoms with E-state index in [0.29, 0.717) is 6.42 Å². The molecule has 6 nitrogen and oxygen atoms in total. The Labute approximate surface area is 158 Å². The number of nitrogens with one attached hydrogen (secondary N) is 1. The number of carbonyl (C=O) groups is 2. The molecule has 2 atom stereocenters. The molecule has 0 radical (unpaired) electrons. The summed E-state index contributed by atoms with van der Waals surface area (Å²) in [6, 6.07) is -0.594. The van der Waals surface area contributed by atoms with Crippen molar-refractivity contribution in [2.75, 3.05) is 6.61 Å². The molecular weight excluding hydrogens is 332 g/mol. The number of nitrogens with two attached hydrogens (primary N) is 1. The molecule has 0 rings (SSSR count). The van der Waals surface area contributed by atoms with E-state index in [1.807, 2.05) is 6.08 Å². The maximum absolute atomic E-state index is 11.3. The Balaban J connectivity index is 3.28. The van der Waals surface area contributed by atoms with E-state index in [9.17, 15) is 14.7 Å². The van der Waals surface area contributed by atoms with Gasteiger partial charge in [0.25, 0.3) is 0 Å². The zero-order chi connectivity index (χ0) is 19.6. The van der Waals surface area contributed by atoms with E-state index >= 15 is 0 Å². The Kier molecular flexibility index (Phi) is 16.4. The Morgan fingerprint density at radius 3 is 1.96 bits per heavy atom. The third kappa shape index (κ3) is 16.2. The highest BCUT2D eigenvalue weighted by Gasteiger charge is 2.08. The fourth-order valence-electron chi connectivity index (χ4n) is 2.71. The third-order valence-electron chi connectivity index (χ3n) is 4.32. The maximum atomic E-state index is 11.3. The number of hydrogen-bond donors (Lipinski definition) is 4. The van der Waals surface area contributed by atoms with Crippen LogP contribution in [0.15, 0.2) is 12.2 Å². The average Bonchev–Trinajstić information content (AvgIpc) is 2.60. The summed E-state index contributed by atoms with van der Waals surface area (Å²) in [6.45, 7) is 1.15. The van der Waals surface area contributed by atoms with Crippen LogP contribution < -0.4 is 11.1 Å². The average molecular weight is 371 g/mol. The summed E-state index contributed by atoms with van der Waals surface area (Å²) in [5.41, 5.74) is 5.51. The molecule has 0 aliphatic heterocycles. The molecule has 0 saturated carbocycles. The first kappa shape index (κ1) is 24.8. The van der Waals surface area contributed by atoms with Crippen molar-refractivity contribution in [1.82, 2.24) is 5.32 Å². The summed E-state index contributed by atoms with van der Waals surface area (Å²) >= 11 is 0. The van der Waals surface area contributed by atoms with Gasteiger partial charge in [-0.1, -0.05) is 63.5 Å². The lowest BCUT2D eigenvalue weighted by Gasteiger charge is -2.11. The number of rotatable bonds is 16. The molecule has 0 aromatic carbocycles. The molecule has 152 valence electrons. The summed E-state index contributed by atoms with van der Waals surface area (Å²) in [7, 11) is 0. The highest BCUT2D eigenvalue weighted by atomic mass is 16.3. The minimum absolute atomic E-state index is 0.168. The smallest absolute Gasteiger partial charge is 0.226 e. The topological polar surface area (TPSA) is 113 Å². The molecule has 5 N–H and O–H groups in total. The van der Waals surface area contributed by atoms with E-state index in [2.05, 4.69) is 5.32 Å². The predicted molar refractivity (Wildman–Crippen MR) is 104 cm³/mol. The van der Waals surface area contributed by atoms with Crippen molar-refractivity contribution in [2.24, 2.45) is 5.73 Å². The molecule has 0 aromatic rings. The van der Waals surface area contributed by atoms with Gasteiger partial charge < -0.3 is 15.9 Å². The van der Waals surface area contributed by atoms with Gasteiger partial charge >= 0.3 is 0 Å². The zero-order valence-electron chi connectivity index (χ0n) is 16.3. The highest BCUT2D eigenvalue weighted by Crippen LogP contribution is 2.12. The normalized spacial score (nSPS) is 13.7. The molecule has 26 heavy (non-hydrogen) atoms. The summed E-state index contributed by atoms with van der Waals surface area (Å²) in [4.78, 5) is 22.0. The van der Waals surface area contributed by atoms with Crippen LogP contribution in [0, 0.1) is 0 Å². The van der Waals surface area contributed by atoms with Gasteiger partial charge in [-0.2, -0.15) is 0 Å². The van der Waals surface area contributed by atoms with Crippen molar-refractivity contribution < 1.29 is 19.8 Å². The fraction of sp³-hybridized carbons (Fsp3) is 0.800. The van der Waals surface area contributed by atoms with Gasteiger partial charge in [-0.3, -0.25) is 14.9 Å². The first-order chi connectivity index (χ1) is 12.5. The Morgan fingerprint density at radius 2 is 1.46 bits per heavy atom. The number of allylic oxidation sites excluding steroid dienone is 1. The number of carbonyl (C=O) groups excluding carboxylic acids is 2. The van der Waals surface area contributed by atoms with Crippen LogP contribution >= 0.6 is 0 Å². The van der Waals surface area contributed by atoms with Gasteiger partial charge in [0.05, 0.1) is 18.8 Å². The lowest BCUT2D eigenvalue weighted by molar-refractivity contribution is -0.129. The van der Waals surface area contributed by atoms with Crippen LogP contribution in [0.25, 0.3) is 0 Å². The van der Waals surface area contributed by atoms with Crippen molar-refractivity contribution in [3.63, 3.8) is 0 Å². The number of hydrogen-bond acceptors (Lipinski definition) is 5. The van der Waals surface area contributed by atoms with E-state index in [0.717, 1.165) is 32.1 Å². The minimum Gasteiger partial charge on any atom is -0.395 e. The van der Waals surface area contributed by atoms with Crippen molar-refractivity contribution in [3.8, 4) is 0 Å². The number of amides is 2. The van der Waals surface area contributed by atoms with Gasteiger partial charge in [-0.25, -0.2) is 0 Å². The Bertz CT molecular complexity index is 399. The second kappa shape index (κ2) is 17.2.